The fourth-order valence-electron chi connectivity index (χ4n) is 4.56. The van der Waals surface area contributed by atoms with E-state index < -0.39 is 0 Å². The molecule has 4 heterocycles. The van der Waals surface area contributed by atoms with Gasteiger partial charge in [0.15, 0.2) is 5.65 Å². The van der Waals surface area contributed by atoms with Gasteiger partial charge in [-0.2, -0.15) is 9.61 Å². The van der Waals surface area contributed by atoms with Gasteiger partial charge in [-0.3, -0.25) is 9.78 Å². The monoisotopic (exact) mass is 521 g/mol. The van der Waals surface area contributed by atoms with Crippen LogP contribution in [0, 0.1) is 6.92 Å². The lowest BCUT2D eigenvalue weighted by Gasteiger charge is -2.32. The Labute approximate surface area is 206 Å². The summed E-state index contributed by atoms with van der Waals surface area (Å²) in [7, 11) is 0. The molecule has 1 aliphatic rings. The SMILES string of the molecule is CCC(=O)N1CCC(NCc2nc3c(-c4cnc5ccc(C)cc5c4)cnn3c(N)c2Br)CC1. The van der Waals surface area contributed by atoms with Crippen molar-refractivity contribution in [2.24, 2.45) is 0 Å². The number of nitrogens with one attached hydrogen (secondary N) is 1. The number of carbonyl (C=O) groups excluding carboxylic acids is 1. The third-order valence-electron chi connectivity index (χ3n) is 6.55. The lowest BCUT2D eigenvalue weighted by Crippen LogP contribution is -2.44. The molecule has 176 valence electrons. The van der Waals surface area contributed by atoms with Crippen molar-refractivity contribution in [3.63, 3.8) is 0 Å². The second-order valence-corrected chi connectivity index (χ2v) is 9.65. The van der Waals surface area contributed by atoms with Crippen LogP contribution in [0.15, 0.2) is 41.1 Å². The zero-order valence-electron chi connectivity index (χ0n) is 19.4. The van der Waals surface area contributed by atoms with Crippen LogP contribution in [0.25, 0.3) is 27.7 Å². The summed E-state index contributed by atoms with van der Waals surface area (Å²) in [5, 5.41) is 9.17. The molecule has 0 bridgehead atoms. The number of nitrogen functional groups attached to an aromatic ring is 1. The lowest BCUT2D eigenvalue weighted by molar-refractivity contribution is -0.131. The van der Waals surface area contributed by atoms with E-state index in [1.54, 1.807) is 10.7 Å². The summed E-state index contributed by atoms with van der Waals surface area (Å²) in [5.74, 6) is 0.744. The molecule has 0 radical (unpaired) electrons. The fraction of sp³-hybridized carbons (Fsp3) is 0.360. The minimum atomic E-state index is 0.229. The topological polar surface area (TPSA) is 101 Å². The number of hydrogen-bond acceptors (Lipinski definition) is 6. The molecule has 1 aromatic carbocycles. The van der Waals surface area contributed by atoms with Gasteiger partial charge in [0, 0.05) is 54.8 Å². The molecule has 3 aromatic heterocycles. The van der Waals surface area contributed by atoms with Crippen molar-refractivity contribution in [2.75, 3.05) is 18.8 Å². The van der Waals surface area contributed by atoms with Crippen molar-refractivity contribution in [2.45, 2.75) is 45.7 Å². The number of benzene rings is 1. The van der Waals surface area contributed by atoms with E-state index >= 15 is 0 Å². The number of amides is 1. The number of halogens is 1. The average Bonchev–Trinajstić information content (AvgIpc) is 3.28. The first-order chi connectivity index (χ1) is 16.4. The summed E-state index contributed by atoms with van der Waals surface area (Å²) in [6, 6.07) is 8.68. The first-order valence-corrected chi connectivity index (χ1v) is 12.4. The number of anilines is 1. The Kier molecular flexibility index (Phi) is 6.22. The quantitative estimate of drug-likeness (QED) is 0.410. The molecule has 8 nitrogen and oxygen atoms in total. The summed E-state index contributed by atoms with van der Waals surface area (Å²) < 4.78 is 2.41. The molecular formula is C25H28BrN7O. The van der Waals surface area contributed by atoms with Crippen LogP contribution in [0.5, 0.6) is 0 Å². The van der Waals surface area contributed by atoms with Crippen molar-refractivity contribution in [3.8, 4) is 11.1 Å². The third kappa shape index (κ3) is 4.25. The zero-order chi connectivity index (χ0) is 23.8. The number of rotatable bonds is 5. The minimum Gasteiger partial charge on any atom is -0.383 e. The van der Waals surface area contributed by atoms with Gasteiger partial charge in [-0.15, -0.1) is 0 Å². The molecule has 0 atom stereocenters. The highest BCUT2D eigenvalue weighted by Crippen LogP contribution is 2.31. The predicted molar refractivity (Wildman–Crippen MR) is 137 cm³/mol. The number of hydrogen-bond donors (Lipinski definition) is 2. The van der Waals surface area contributed by atoms with Crippen LogP contribution in [0.2, 0.25) is 0 Å². The van der Waals surface area contributed by atoms with E-state index in [4.69, 9.17) is 10.7 Å². The van der Waals surface area contributed by atoms with Crippen LogP contribution in [-0.4, -0.2) is 49.5 Å². The molecule has 0 saturated carbocycles. The molecule has 9 heteroatoms. The summed E-state index contributed by atoms with van der Waals surface area (Å²) >= 11 is 3.62. The van der Waals surface area contributed by atoms with Crippen molar-refractivity contribution in [1.29, 1.82) is 0 Å². The van der Waals surface area contributed by atoms with Gasteiger partial charge in [0.1, 0.15) is 5.82 Å². The van der Waals surface area contributed by atoms with Crippen LogP contribution < -0.4 is 11.1 Å². The highest BCUT2D eigenvalue weighted by molar-refractivity contribution is 9.10. The molecule has 1 saturated heterocycles. The van der Waals surface area contributed by atoms with Crippen molar-refractivity contribution >= 4 is 44.2 Å². The van der Waals surface area contributed by atoms with Crippen LogP contribution in [0.3, 0.4) is 0 Å². The van der Waals surface area contributed by atoms with Crippen LogP contribution in [0.1, 0.15) is 37.4 Å². The maximum Gasteiger partial charge on any atom is 0.222 e. The Morgan fingerprint density at radius 2 is 2.03 bits per heavy atom. The molecule has 4 aromatic rings. The first kappa shape index (κ1) is 22.7. The highest BCUT2D eigenvalue weighted by Gasteiger charge is 2.22. The predicted octanol–water partition coefficient (Wildman–Crippen LogP) is 4.09. The number of fused-ring (bicyclic) bond motifs is 2. The van der Waals surface area contributed by atoms with Crippen molar-refractivity contribution < 1.29 is 4.79 Å². The highest BCUT2D eigenvalue weighted by atomic mass is 79.9. The van der Waals surface area contributed by atoms with Crippen LogP contribution >= 0.6 is 15.9 Å². The van der Waals surface area contributed by atoms with E-state index in [0.29, 0.717) is 30.5 Å². The average molecular weight is 522 g/mol. The number of carbonyl (C=O) groups is 1. The molecule has 0 aliphatic carbocycles. The Hall–Kier alpha value is -3.04. The van der Waals surface area contributed by atoms with Gasteiger partial charge < -0.3 is 16.0 Å². The Bertz CT molecular complexity index is 1370. The van der Waals surface area contributed by atoms with Gasteiger partial charge in [-0.25, -0.2) is 4.98 Å². The smallest absolute Gasteiger partial charge is 0.222 e. The fourth-order valence-corrected chi connectivity index (χ4v) is 4.96. The van der Waals surface area contributed by atoms with Gasteiger partial charge >= 0.3 is 0 Å². The van der Waals surface area contributed by atoms with Gasteiger partial charge in [-0.05, 0) is 53.9 Å². The molecule has 5 rings (SSSR count). The number of piperidine rings is 1. The van der Waals surface area contributed by atoms with Crippen molar-refractivity contribution in [3.05, 3.63) is 52.4 Å². The van der Waals surface area contributed by atoms with Gasteiger partial charge in [0.25, 0.3) is 0 Å². The number of aryl methyl sites for hydroxylation is 1. The maximum atomic E-state index is 11.9. The first-order valence-electron chi connectivity index (χ1n) is 11.6. The van der Waals surface area contributed by atoms with E-state index in [1.165, 1.54) is 5.56 Å². The van der Waals surface area contributed by atoms with Gasteiger partial charge in [0.2, 0.25) is 5.91 Å². The normalized spacial score (nSPS) is 14.9. The zero-order valence-corrected chi connectivity index (χ0v) is 21.0. The second-order valence-electron chi connectivity index (χ2n) is 8.86. The van der Waals surface area contributed by atoms with Crippen LogP contribution in [-0.2, 0) is 11.3 Å². The summed E-state index contributed by atoms with van der Waals surface area (Å²) in [6.45, 7) is 6.15. The number of pyridine rings is 1. The molecule has 1 aliphatic heterocycles. The number of aromatic nitrogens is 4. The minimum absolute atomic E-state index is 0.229. The molecule has 0 unspecified atom stereocenters. The van der Waals surface area contributed by atoms with E-state index in [1.807, 2.05) is 24.1 Å². The Morgan fingerprint density at radius 3 is 2.79 bits per heavy atom. The number of nitrogens with two attached hydrogens (primary N) is 1. The summed E-state index contributed by atoms with van der Waals surface area (Å²) in [5.41, 5.74) is 12.0. The molecule has 3 N–H and O–H groups in total. The van der Waals surface area contributed by atoms with E-state index in [9.17, 15) is 4.79 Å². The maximum absolute atomic E-state index is 11.9. The largest absolute Gasteiger partial charge is 0.383 e. The Balaban J connectivity index is 1.41. The van der Waals surface area contributed by atoms with Crippen LogP contribution in [0.4, 0.5) is 5.82 Å². The number of nitrogens with zero attached hydrogens (tertiary/aromatic N) is 5. The standard InChI is InChI=1S/C25H28BrN7O/c1-3-22(34)32-8-6-18(7-9-32)28-14-21-23(26)24(27)33-25(31-21)19(13-30-33)17-11-16-10-15(2)4-5-20(16)29-12-17/h4-5,10-13,18,28H,3,6-9,14,27H2,1-2H3. The van der Waals surface area contributed by atoms with Gasteiger partial charge in [-0.1, -0.05) is 18.6 Å². The molecule has 0 spiro atoms. The van der Waals surface area contributed by atoms with E-state index in [-0.39, 0.29) is 5.91 Å². The van der Waals surface area contributed by atoms with Crippen molar-refractivity contribution in [1.82, 2.24) is 29.8 Å². The molecular weight excluding hydrogens is 494 g/mol. The van der Waals surface area contributed by atoms with E-state index in [2.05, 4.69) is 56.5 Å². The lowest BCUT2D eigenvalue weighted by atomic mass is 10.0. The summed E-state index contributed by atoms with van der Waals surface area (Å²) in [6.07, 6.45) is 6.08. The van der Waals surface area contributed by atoms with E-state index in [0.717, 1.165) is 58.1 Å². The summed E-state index contributed by atoms with van der Waals surface area (Å²) in [4.78, 5) is 23.4. The second kappa shape index (κ2) is 9.31. The molecule has 1 fully saturated rings. The third-order valence-corrected chi connectivity index (χ3v) is 7.41. The number of likely N-dealkylation sites (tertiary alicyclic amines) is 1. The Morgan fingerprint density at radius 1 is 1.24 bits per heavy atom. The van der Waals surface area contributed by atoms with Gasteiger partial charge in [0.05, 0.1) is 21.9 Å². The molecule has 34 heavy (non-hydrogen) atoms. The molecule has 1 amide bonds.